The summed E-state index contributed by atoms with van der Waals surface area (Å²) >= 11 is 2.99. The highest BCUT2D eigenvalue weighted by Crippen LogP contribution is 2.38. The van der Waals surface area contributed by atoms with Gasteiger partial charge < -0.3 is 0 Å². The lowest BCUT2D eigenvalue weighted by molar-refractivity contribution is 0.617. The molecule has 2 nitrogen and oxygen atoms in total. The van der Waals surface area contributed by atoms with Crippen molar-refractivity contribution in [3.63, 3.8) is 0 Å². The summed E-state index contributed by atoms with van der Waals surface area (Å²) in [5, 5.41) is 3.73. The maximum atomic E-state index is 13.8. The van der Waals surface area contributed by atoms with Crippen LogP contribution in [0, 0.1) is 11.6 Å². The molecule has 2 aromatic heterocycles. The molecule has 0 saturated carbocycles. The van der Waals surface area contributed by atoms with Crippen LogP contribution in [0.2, 0.25) is 0 Å². The van der Waals surface area contributed by atoms with Crippen LogP contribution >= 0.6 is 23.1 Å². The molecule has 0 fully saturated rings. The molecule has 25 heavy (non-hydrogen) atoms. The highest BCUT2D eigenvalue weighted by Gasteiger charge is 2.14. The highest BCUT2D eigenvalue weighted by atomic mass is 32.2. The minimum atomic E-state index is -0.270. The third-order valence-corrected chi connectivity index (χ3v) is 5.74. The third kappa shape index (κ3) is 3.27. The molecule has 124 valence electrons. The van der Waals surface area contributed by atoms with E-state index < -0.39 is 0 Å². The Morgan fingerprint density at radius 1 is 0.960 bits per heavy atom. The van der Waals surface area contributed by atoms with Crippen molar-refractivity contribution in [1.82, 2.24) is 9.97 Å². The van der Waals surface area contributed by atoms with Gasteiger partial charge in [0, 0.05) is 16.7 Å². The summed E-state index contributed by atoms with van der Waals surface area (Å²) in [6.45, 7) is 0. The van der Waals surface area contributed by atoms with E-state index in [4.69, 9.17) is 0 Å². The van der Waals surface area contributed by atoms with E-state index in [0.29, 0.717) is 11.3 Å². The van der Waals surface area contributed by atoms with Crippen LogP contribution in [-0.2, 0) is 5.75 Å². The number of nitrogens with zero attached hydrogens (tertiary/aromatic N) is 2. The van der Waals surface area contributed by atoms with Crippen LogP contribution in [0.15, 0.2) is 65.3 Å². The fraction of sp³-hybridized carbons (Fsp3) is 0.0526. The molecule has 6 heteroatoms. The van der Waals surface area contributed by atoms with E-state index in [1.165, 1.54) is 47.6 Å². The standard InChI is InChI=1S/C19H12F2N2S2/c20-14-7-5-12(6-8-14)15-10-25-19-17(15)18(22-11-23-19)24-9-13-3-1-2-4-16(13)21/h1-8,10-11H,9H2. The summed E-state index contributed by atoms with van der Waals surface area (Å²) < 4.78 is 27.1. The second-order valence-electron chi connectivity index (χ2n) is 5.40. The molecule has 4 aromatic rings. The van der Waals surface area contributed by atoms with Crippen LogP contribution in [0.5, 0.6) is 0 Å². The molecule has 0 N–H and O–H groups in total. The molecule has 2 aromatic carbocycles. The molecule has 4 rings (SSSR count). The Morgan fingerprint density at radius 2 is 1.76 bits per heavy atom. The number of rotatable bonds is 4. The number of hydrogen-bond donors (Lipinski definition) is 0. The molecule has 0 saturated heterocycles. The molecule has 0 unspecified atom stereocenters. The van der Waals surface area contributed by atoms with Gasteiger partial charge in [-0.05, 0) is 29.3 Å². The zero-order chi connectivity index (χ0) is 17.2. The van der Waals surface area contributed by atoms with Gasteiger partial charge in [-0.1, -0.05) is 30.3 Å². The van der Waals surface area contributed by atoms with Crippen LogP contribution in [-0.4, -0.2) is 9.97 Å². The van der Waals surface area contributed by atoms with E-state index in [1.54, 1.807) is 24.3 Å². The molecule has 0 bridgehead atoms. The summed E-state index contributed by atoms with van der Waals surface area (Å²) in [6, 6.07) is 13.1. The molecule has 0 aliphatic carbocycles. The number of halogens is 2. The Kier molecular flexibility index (Phi) is 4.46. The van der Waals surface area contributed by atoms with Crippen molar-refractivity contribution in [3.05, 3.63) is 77.4 Å². The van der Waals surface area contributed by atoms with E-state index in [9.17, 15) is 8.78 Å². The molecular weight excluding hydrogens is 358 g/mol. The summed E-state index contributed by atoms with van der Waals surface area (Å²) in [7, 11) is 0. The Labute approximate surface area is 151 Å². The number of thioether (sulfide) groups is 1. The van der Waals surface area contributed by atoms with E-state index >= 15 is 0 Å². The summed E-state index contributed by atoms with van der Waals surface area (Å²) in [5.74, 6) is -0.00428. The summed E-state index contributed by atoms with van der Waals surface area (Å²) in [4.78, 5) is 9.58. The number of benzene rings is 2. The number of aromatic nitrogens is 2. The van der Waals surface area contributed by atoms with Gasteiger partial charge in [0.1, 0.15) is 27.8 Å². The Hall–Kier alpha value is -2.31. The number of thiophene rings is 1. The third-order valence-electron chi connectivity index (χ3n) is 3.81. The lowest BCUT2D eigenvalue weighted by Crippen LogP contribution is -1.90. The maximum Gasteiger partial charge on any atom is 0.128 e. The van der Waals surface area contributed by atoms with E-state index in [1.807, 2.05) is 11.4 Å². The van der Waals surface area contributed by atoms with Gasteiger partial charge in [0.05, 0.1) is 5.39 Å². The van der Waals surface area contributed by atoms with Crippen molar-refractivity contribution in [2.75, 3.05) is 0 Å². The molecular formula is C19H12F2N2S2. The van der Waals surface area contributed by atoms with E-state index in [2.05, 4.69) is 9.97 Å². The molecule has 0 atom stereocenters. The van der Waals surface area contributed by atoms with Gasteiger partial charge in [0.25, 0.3) is 0 Å². The van der Waals surface area contributed by atoms with Gasteiger partial charge in [-0.25, -0.2) is 18.7 Å². The normalized spacial score (nSPS) is 11.1. The average molecular weight is 370 g/mol. The molecule has 0 radical (unpaired) electrons. The largest absolute Gasteiger partial charge is 0.229 e. The van der Waals surface area contributed by atoms with Gasteiger partial charge in [0.2, 0.25) is 0 Å². The highest BCUT2D eigenvalue weighted by molar-refractivity contribution is 7.98. The first-order valence-corrected chi connectivity index (χ1v) is 9.43. The van der Waals surface area contributed by atoms with Gasteiger partial charge in [-0.2, -0.15) is 0 Å². The first kappa shape index (κ1) is 16.2. The monoisotopic (exact) mass is 370 g/mol. The van der Waals surface area contributed by atoms with Gasteiger partial charge >= 0.3 is 0 Å². The van der Waals surface area contributed by atoms with Gasteiger partial charge in [-0.15, -0.1) is 23.1 Å². The predicted molar refractivity (Wildman–Crippen MR) is 98.8 cm³/mol. The first-order chi connectivity index (χ1) is 12.2. The fourth-order valence-electron chi connectivity index (χ4n) is 2.56. The van der Waals surface area contributed by atoms with E-state index in [-0.39, 0.29) is 11.6 Å². The minimum absolute atomic E-state index is 0.218. The SMILES string of the molecule is Fc1ccc(-c2csc3ncnc(SCc4ccccc4F)c23)cc1. The number of hydrogen-bond acceptors (Lipinski definition) is 4. The number of fused-ring (bicyclic) bond motifs is 1. The second-order valence-corrected chi connectivity index (χ2v) is 7.22. The van der Waals surface area contributed by atoms with Gasteiger partial charge in [-0.3, -0.25) is 0 Å². The predicted octanol–water partition coefficient (Wildman–Crippen LogP) is 5.93. The first-order valence-electron chi connectivity index (χ1n) is 7.57. The fourth-order valence-corrected chi connectivity index (χ4v) is 4.54. The Morgan fingerprint density at radius 3 is 2.56 bits per heavy atom. The maximum absolute atomic E-state index is 13.8. The van der Waals surface area contributed by atoms with Crippen molar-refractivity contribution in [3.8, 4) is 11.1 Å². The molecule has 0 spiro atoms. The second kappa shape index (κ2) is 6.90. The van der Waals surface area contributed by atoms with E-state index in [0.717, 1.165) is 26.4 Å². The lowest BCUT2D eigenvalue weighted by Gasteiger charge is -2.06. The molecule has 0 amide bonds. The van der Waals surface area contributed by atoms with Crippen molar-refractivity contribution in [1.29, 1.82) is 0 Å². The van der Waals surface area contributed by atoms with Crippen molar-refractivity contribution < 1.29 is 8.78 Å². The Bertz CT molecular complexity index is 1030. The topological polar surface area (TPSA) is 25.8 Å². The summed E-state index contributed by atoms with van der Waals surface area (Å²) in [6.07, 6.45) is 1.52. The van der Waals surface area contributed by atoms with Crippen LogP contribution < -0.4 is 0 Å². The van der Waals surface area contributed by atoms with Crippen molar-refractivity contribution >= 4 is 33.3 Å². The van der Waals surface area contributed by atoms with Crippen LogP contribution in [0.1, 0.15) is 5.56 Å². The Balaban J connectivity index is 1.73. The van der Waals surface area contributed by atoms with Crippen molar-refractivity contribution in [2.45, 2.75) is 10.8 Å². The van der Waals surface area contributed by atoms with Crippen LogP contribution in [0.25, 0.3) is 21.3 Å². The van der Waals surface area contributed by atoms with Crippen LogP contribution in [0.3, 0.4) is 0 Å². The lowest BCUT2D eigenvalue weighted by atomic mass is 10.1. The molecule has 0 aliphatic rings. The molecule has 0 aliphatic heterocycles. The zero-order valence-electron chi connectivity index (χ0n) is 12.9. The zero-order valence-corrected chi connectivity index (χ0v) is 14.6. The quantitative estimate of drug-likeness (QED) is 0.329. The summed E-state index contributed by atoms with van der Waals surface area (Å²) in [5.41, 5.74) is 2.52. The minimum Gasteiger partial charge on any atom is -0.229 e. The van der Waals surface area contributed by atoms with Crippen molar-refractivity contribution in [2.24, 2.45) is 0 Å². The average Bonchev–Trinajstić information content (AvgIpc) is 3.06. The smallest absolute Gasteiger partial charge is 0.128 e. The molecule has 2 heterocycles. The van der Waals surface area contributed by atoms with Gasteiger partial charge in [0.15, 0.2) is 0 Å². The van der Waals surface area contributed by atoms with Crippen LogP contribution in [0.4, 0.5) is 8.78 Å².